The lowest BCUT2D eigenvalue weighted by Crippen LogP contribution is -2.56. The summed E-state index contributed by atoms with van der Waals surface area (Å²) in [5.41, 5.74) is -0.163. The summed E-state index contributed by atoms with van der Waals surface area (Å²) in [6.07, 6.45) is -2.22. The molecule has 8 atom stereocenters. The van der Waals surface area contributed by atoms with E-state index in [0.717, 1.165) is 0 Å². The van der Waals surface area contributed by atoms with Crippen LogP contribution in [0.3, 0.4) is 0 Å². The molecule has 4 amide bonds. The van der Waals surface area contributed by atoms with E-state index in [2.05, 4.69) is 271 Å². The fraction of sp³-hybridized carbons (Fsp3) is 0.865. The molecule has 0 unspecified atom stereocenters. The van der Waals surface area contributed by atoms with Crippen LogP contribution in [0.1, 0.15) is 259 Å². The topological polar surface area (TPSA) is 155 Å². The minimum absolute atomic E-state index is 0.0407. The first-order valence-electron chi connectivity index (χ1n) is 37.2. The van der Waals surface area contributed by atoms with Crippen LogP contribution in [-0.2, 0) is 35.4 Å². The van der Waals surface area contributed by atoms with E-state index in [9.17, 15) is 0 Å². The van der Waals surface area contributed by atoms with Crippen molar-refractivity contribution in [2.75, 3.05) is 0 Å². The molecule has 4 saturated heterocycles. The Bertz CT molecular complexity index is 2480. The van der Waals surface area contributed by atoms with E-state index in [1.807, 2.05) is 0 Å². The molecule has 0 radical (unpaired) electrons. The second kappa shape index (κ2) is 28.7. The zero-order valence-electron chi connectivity index (χ0n) is 70.1. The van der Waals surface area contributed by atoms with Crippen LogP contribution in [0.5, 0.6) is 0 Å². The first-order chi connectivity index (χ1) is 43.3. The summed E-state index contributed by atoms with van der Waals surface area (Å²) in [5, 5.41) is -1.95. The van der Waals surface area contributed by atoms with Gasteiger partial charge in [-0.05, 0) is 209 Å². The summed E-state index contributed by atoms with van der Waals surface area (Å²) >= 11 is 0. The molecule has 0 spiro atoms. The number of benzene rings is 1. The summed E-state index contributed by atoms with van der Waals surface area (Å²) in [6, 6.07) is 3.18. The quantitative estimate of drug-likeness (QED) is 0.114. The molecule has 1 aromatic rings. The highest BCUT2D eigenvalue weighted by atomic mass is 28.4. The second-order valence-corrected chi connectivity index (χ2v) is 79.8. The second-order valence-electron chi connectivity index (χ2n) is 41.8. The third-order valence-electron chi connectivity index (χ3n) is 26.0. The van der Waals surface area contributed by atoms with Gasteiger partial charge in [-0.3, -0.25) is 38.8 Å². The van der Waals surface area contributed by atoms with Crippen LogP contribution in [0.2, 0.25) is 145 Å². The molecule has 0 aromatic heterocycles. The first kappa shape index (κ1) is 87.2. The van der Waals surface area contributed by atoms with E-state index < -0.39 is 140 Å². The molecule has 0 aliphatic carbocycles. The van der Waals surface area contributed by atoms with E-state index in [1.54, 1.807) is 31.7 Å². The van der Waals surface area contributed by atoms with Crippen molar-refractivity contribution >= 4 is 90.2 Å². The average Bonchev–Trinajstić information content (AvgIpc) is 1.50. The van der Waals surface area contributed by atoms with Crippen LogP contribution in [0.4, 0.5) is 0 Å². The molecule has 5 rings (SSSR count). The van der Waals surface area contributed by atoms with Gasteiger partial charge in [0.05, 0.1) is 22.3 Å². The van der Waals surface area contributed by atoms with Crippen molar-refractivity contribution in [2.24, 2.45) is 0 Å². The van der Waals surface area contributed by atoms with Crippen molar-refractivity contribution < 1.29 is 54.6 Å². The lowest BCUT2D eigenvalue weighted by Gasteiger charge is -2.45. The molecule has 24 heteroatoms. The van der Waals surface area contributed by atoms with E-state index in [4.69, 9.17) is 35.4 Å². The fourth-order valence-electron chi connectivity index (χ4n) is 11.0. The molecule has 4 aliphatic rings. The number of rotatable bonds is 20. The molecular weight excluding hydrogens is 1360 g/mol. The van der Waals surface area contributed by atoms with Crippen LogP contribution in [0, 0.1) is 0 Å². The molecule has 1 aromatic carbocycles. The fourth-order valence-corrected chi connectivity index (χ4v) is 21.1. The number of carbonyl (C=O) groups is 4. The van der Waals surface area contributed by atoms with Crippen LogP contribution in [0.15, 0.2) is 12.1 Å². The lowest BCUT2D eigenvalue weighted by molar-refractivity contribution is -0.0278. The van der Waals surface area contributed by atoms with Crippen LogP contribution < -0.4 is 0 Å². The van der Waals surface area contributed by atoms with Crippen molar-refractivity contribution in [3.05, 3.63) is 34.4 Å². The molecule has 98 heavy (non-hydrogen) atoms. The largest absolute Gasteiger partial charge is 0.397 e. The minimum atomic E-state index is -2.66. The highest BCUT2D eigenvalue weighted by Gasteiger charge is 2.57. The summed E-state index contributed by atoms with van der Waals surface area (Å²) in [4.78, 5) is 76.7. The van der Waals surface area contributed by atoms with E-state index in [-0.39, 0.29) is 62.6 Å². The normalized spacial score (nSPS) is 24.0. The zero-order valence-corrected chi connectivity index (χ0v) is 78.1. The molecule has 0 saturated carbocycles. The number of amides is 4. The number of likely N-dealkylation sites (tertiary alicyclic amines) is 4. The van der Waals surface area contributed by atoms with Crippen LogP contribution >= 0.6 is 0 Å². The summed E-state index contributed by atoms with van der Waals surface area (Å²) in [7, 11) is -21.3. The van der Waals surface area contributed by atoms with Crippen molar-refractivity contribution in [1.82, 2.24) is 19.6 Å². The number of carbonyl (C=O) groups excluding carboxylic acids is 4. The third kappa shape index (κ3) is 18.7. The highest BCUT2D eigenvalue weighted by Crippen LogP contribution is 2.50. The maximum absolute atomic E-state index is 17.4. The first-order valence-corrected chi connectivity index (χ1v) is 60.5. The van der Waals surface area contributed by atoms with E-state index in [0.29, 0.717) is 51.4 Å². The minimum Gasteiger partial charge on any atom is -0.397 e. The van der Waals surface area contributed by atoms with Gasteiger partial charge in [0.2, 0.25) is 0 Å². The Hall–Kier alpha value is -1.48. The Morgan fingerprint density at radius 2 is 0.327 bits per heavy atom. The molecule has 566 valence electrons. The van der Waals surface area contributed by atoms with Crippen LogP contribution in [-0.4, -0.2) is 160 Å². The summed E-state index contributed by atoms with van der Waals surface area (Å²) in [5.74, 6) is -2.12. The van der Waals surface area contributed by atoms with Gasteiger partial charge < -0.3 is 35.4 Å². The Labute approximate surface area is 607 Å². The van der Waals surface area contributed by atoms with Gasteiger partial charge in [0, 0.05) is 0 Å². The van der Waals surface area contributed by atoms with Gasteiger partial charge in [0.15, 0.2) is 66.5 Å². The predicted octanol–water partition coefficient (Wildman–Crippen LogP) is 21.4. The van der Waals surface area contributed by atoms with Gasteiger partial charge in [-0.2, -0.15) is 0 Å². The van der Waals surface area contributed by atoms with Crippen molar-refractivity contribution in [2.45, 2.75) is 412 Å². The molecule has 0 N–H and O–H groups in total. The van der Waals surface area contributed by atoms with Gasteiger partial charge in [-0.1, -0.05) is 166 Å². The summed E-state index contributed by atoms with van der Waals surface area (Å²) < 4.78 is 59.5. The molecular formula is C74H146N4O12Si8. The number of nitrogens with zero attached hydrogens (tertiary/aromatic N) is 4. The molecule has 16 nitrogen and oxygen atoms in total. The Balaban J connectivity index is 2.12. The van der Waals surface area contributed by atoms with Gasteiger partial charge in [0.25, 0.3) is 23.6 Å². The standard InChI is InChI=1S/C74H146N4O12Si8/c1-67(2,3)91(25,26)83-55-41-42-56(84-92(27,28)68(4,5)6)75(55)63(79)51-49-53(65(81)77-59(87-95(33,34)71(13,14)15)45-46-60(77)88-96(35,36)72(16,17)18)54(66(82)78-61(89-97(37,38)73(19,20)21)47-48-62(78)90-98(39,40)74(22,23)24)50-52(51)64(80)76-57(85-93(29,30)69(7,8)9)43-44-58(76)86-94(31,32)70(10,11)12/h49-50,55-62H,41-48H2,1-40H3/t55-,56-,57-,58-,59-,60-,61-,62-/m1/s1. The van der Waals surface area contributed by atoms with E-state index >= 15 is 19.2 Å². The van der Waals surface area contributed by atoms with Gasteiger partial charge in [-0.15, -0.1) is 0 Å². The smallest absolute Gasteiger partial charge is 0.258 e. The van der Waals surface area contributed by atoms with Gasteiger partial charge in [0.1, 0.15) is 49.8 Å². The maximum Gasteiger partial charge on any atom is 0.258 e. The average molecular weight is 1510 g/mol. The SMILES string of the molecule is CC(C)(C)[Si](C)(C)O[C@@H]1CC[C@@H](O[Si](C)(C)C(C)(C)C)N1C(=O)c1cc(C(=O)N2[C@H](O[Si](C)(C)C(C)(C)C)CC[C@H]2O[Si](C)(C)C(C)(C)C)c(C(=O)N2[C@H](O[Si](C)(C)C(C)(C)C)CC[C@H]2O[Si](C)(C)C(C)(C)C)cc1C(=O)N1[C@H](O[Si](C)(C)C(C)(C)C)CC[C@H]1O[Si](C)(C)C(C)(C)C. The van der Waals surface area contributed by atoms with Crippen molar-refractivity contribution in [3.63, 3.8) is 0 Å². The highest BCUT2D eigenvalue weighted by molar-refractivity contribution is 6.77. The van der Waals surface area contributed by atoms with Gasteiger partial charge >= 0.3 is 0 Å². The lowest BCUT2D eigenvalue weighted by atomic mass is 9.94. The van der Waals surface area contributed by atoms with Crippen molar-refractivity contribution in [3.8, 4) is 0 Å². The molecule has 4 heterocycles. The van der Waals surface area contributed by atoms with E-state index in [1.165, 1.54) is 0 Å². The Kier molecular flexibility index (Phi) is 25.5. The van der Waals surface area contributed by atoms with Crippen LogP contribution in [0.25, 0.3) is 0 Å². The Morgan fingerprint density at radius 1 is 0.235 bits per heavy atom. The number of hydrogen-bond donors (Lipinski definition) is 0. The molecule has 0 bridgehead atoms. The maximum atomic E-state index is 17.4. The molecule has 4 fully saturated rings. The number of hydrogen-bond acceptors (Lipinski definition) is 12. The zero-order chi connectivity index (χ0) is 76.3. The monoisotopic (exact) mass is 1510 g/mol. The summed E-state index contributed by atoms with van der Waals surface area (Å²) in [6.45, 7) is 87.9. The van der Waals surface area contributed by atoms with Gasteiger partial charge in [-0.25, -0.2) is 0 Å². The third-order valence-corrected chi connectivity index (χ3v) is 61.8. The van der Waals surface area contributed by atoms with Crippen molar-refractivity contribution in [1.29, 1.82) is 0 Å². The Morgan fingerprint density at radius 3 is 0.408 bits per heavy atom. The molecule has 4 aliphatic heterocycles. The predicted molar refractivity (Wildman–Crippen MR) is 425 cm³/mol.